The van der Waals surface area contributed by atoms with Gasteiger partial charge in [0.05, 0.1) is 0 Å². The van der Waals surface area contributed by atoms with E-state index in [1.165, 1.54) is 46.5 Å². The average Bonchev–Trinajstić information content (AvgIpc) is 3.62. The van der Waals surface area contributed by atoms with Gasteiger partial charge in [-0.2, -0.15) is 0 Å². The number of hydrogen-bond acceptors (Lipinski definition) is 7. The number of imide groups is 1. The molecule has 4 aromatic carbocycles. The molecule has 4 aromatic rings. The smallest absolute Gasteiger partial charge is 0.249 e. The number of piperidine rings is 2. The molecule has 0 spiro atoms. The number of benzene rings is 4. The third kappa shape index (κ3) is 7.44. The Morgan fingerprint density at radius 3 is 2.09 bits per heavy atom. The topological polar surface area (TPSA) is 96.4 Å². The molecule has 2 N–H and O–H groups in total. The van der Waals surface area contributed by atoms with Crippen LogP contribution in [0.4, 0.5) is 11.4 Å². The van der Waals surface area contributed by atoms with E-state index in [9.17, 15) is 19.5 Å². The molecule has 5 aliphatic rings. The quantitative estimate of drug-likeness (QED) is 0.204. The number of fused-ring (bicyclic) bond motifs is 1. The number of carbonyl (C=O) groups is 3. The minimum atomic E-state index is -0.590. The van der Waals surface area contributed by atoms with Gasteiger partial charge >= 0.3 is 0 Å². The second kappa shape index (κ2) is 15.6. The fraction of sp³-hybridized carbons (Fsp3) is 0.383. The van der Waals surface area contributed by atoms with Gasteiger partial charge in [0.15, 0.2) is 0 Å². The Morgan fingerprint density at radius 1 is 0.679 bits per heavy atom. The van der Waals surface area contributed by atoms with Crippen molar-refractivity contribution < 1.29 is 19.5 Å². The van der Waals surface area contributed by atoms with Gasteiger partial charge in [0, 0.05) is 82.1 Å². The van der Waals surface area contributed by atoms with Crippen molar-refractivity contribution in [2.45, 2.75) is 56.4 Å². The summed E-state index contributed by atoms with van der Waals surface area (Å²) in [5.74, 6) is 0.914. The number of rotatable bonds is 8. The van der Waals surface area contributed by atoms with Crippen molar-refractivity contribution in [2.75, 3.05) is 62.2 Å². The number of carbonyl (C=O) groups excluding carboxylic acids is 3. The van der Waals surface area contributed by atoms with Crippen LogP contribution in [0.25, 0.3) is 5.57 Å². The first-order chi connectivity index (χ1) is 27.4. The predicted molar refractivity (Wildman–Crippen MR) is 220 cm³/mol. The zero-order chi connectivity index (χ0) is 38.2. The van der Waals surface area contributed by atoms with E-state index in [4.69, 9.17) is 0 Å². The van der Waals surface area contributed by atoms with Gasteiger partial charge in [0.25, 0.3) is 0 Å². The molecule has 288 valence electrons. The molecule has 4 aliphatic heterocycles. The van der Waals surface area contributed by atoms with Crippen molar-refractivity contribution in [3.05, 3.63) is 131 Å². The zero-order valence-corrected chi connectivity index (χ0v) is 32.0. The molecule has 56 heavy (non-hydrogen) atoms. The molecule has 3 saturated heterocycles. The van der Waals surface area contributed by atoms with Crippen molar-refractivity contribution >= 4 is 34.7 Å². The molecule has 9 rings (SSSR count). The van der Waals surface area contributed by atoms with Crippen LogP contribution in [0.2, 0.25) is 0 Å². The highest BCUT2D eigenvalue weighted by atomic mass is 16.3. The van der Waals surface area contributed by atoms with Gasteiger partial charge in [0.1, 0.15) is 11.8 Å². The number of amides is 3. The zero-order valence-electron chi connectivity index (χ0n) is 32.0. The summed E-state index contributed by atoms with van der Waals surface area (Å²) in [5.41, 5.74) is 9.75. The lowest BCUT2D eigenvalue weighted by Gasteiger charge is -2.40. The first-order valence-corrected chi connectivity index (χ1v) is 20.5. The lowest BCUT2D eigenvalue weighted by Crippen LogP contribution is -2.53. The number of nitrogens with zero attached hydrogens (tertiary/aromatic N) is 4. The van der Waals surface area contributed by atoms with Crippen LogP contribution < -0.4 is 15.1 Å². The van der Waals surface area contributed by atoms with Crippen LogP contribution in [0, 0.1) is 5.92 Å². The standard InChI is InChI=1S/C47H51N5O4/c53-40-15-17-42-36(28-40)10-16-41(34-4-2-1-3-5-34)46(42)35-8-13-38(14-9-35)50-22-20-32(21-23-50)30-49-24-26-51(27-25-49)39-11-6-33(7-12-39)37-29-45(55)52(31-37)43-18-19-44(54)48-47(43)56/h1-9,11-15,17,28-29,32,41,43,46,53H,10,16,18-27,30-31H2,(H,48,54,56)/t41-,43?,46+/m1/s1. The van der Waals surface area contributed by atoms with Crippen LogP contribution in [0.5, 0.6) is 5.75 Å². The van der Waals surface area contributed by atoms with Crippen LogP contribution in [-0.4, -0.2) is 91.0 Å². The Labute approximate surface area is 329 Å². The van der Waals surface area contributed by atoms with Gasteiger partial charge < -0.3 is 19.8 Å². The number of hydrogen-bond donors (Lipinski definition) is 2. The number of nitrogens with one attached hydrogen (secondary N) is 1. The molecule has 1 unspecified atom stereocenters. The Bertz CT molecular complexity index is 2100. The van der Waals surface area contributed by atoms with E-state index in [0.717, 1.165) is 69.8 Å². The first kappa shape index (κ1) is 36.2. The minimum Gasteiger partial charge on any atom is -0.508 e. The van der Waals surface area contributed by atoms with E-state index in [1.807, 2.05) is 12.1 Å². The summed E-state index contributed by atoms with van der Waals surface area (Å²) >= 11 is 0. The maximum absolute atomic E-state index is 12.8. The van der Waals surface area contributed by atoms with E-state index in [0.29, 0.717) is 30.6 Å². The fourth-order valence-electron chi connectivity index (χ4n) is 9.94. The molecule has 4 heterocycles. The molecule has 3 fully saturated rings. The molecule has 1 aliphatic carbocycles. The second-order valence-corrected chi connectivity index (χ2v) is 16.4. The van der Waals surface area contributed by atoms with Crippen LogP contribution in [0.1, 0.15) is 71.8 Å². The van der Waals surface area contributed by atoms with Gasteiger partial charge in [-0.05, 0) is 114 Å². The summed E-state index contributed by atoms with van der Waals surface area (Å²) in [6, 6.07) is 34.1. The Kier molecular flexibility index (Phi) is 10.1. The fourth-order valence-corrected chi connectivity index (χ4v) is 9.94. The first-order valence-electron chi connectivity index (χ1n) is 20.5. The van der Waals surface area contributed by atoms with E-state index in [2.05, 4.69) is 105 Å². The van der Waals surface area contributed by atoms with Crippen molar-refractivity contribution in [1.82, 2.24) is 15.1 Å². The molecule has 0 bridgehead atoms. The molecular formula is C47H51N5O4. The molecule has 0 saturated carbocycles. The predicted octanol–water partition coefficient (Wildman–Crippen LogP) is 6.32. The third-order valence-corrected chi connectivity index (χ3v) is 13.0. The van der Waals surface area contributed by atoms with Crippen molar-refractivity contribution in [2.24, 2.45) is 5.92 Å². The summed E-state index contributed by atoms with van der Waals surface area (Å²) in [4.78, 5) is 45.9. The van der Waals surface area contributed by atoms with E-state index < -0.39 is 6.04 Å². The number of aryl methyl sites for hydroxylation is 1. The molecule has 3 atom stereocenters. The molecule has 9 heteroatoms. The Morgan fingerprint density at radius 2 is 1.38 bits per heavy atom. The molecule has 0 aromatic heterocycles. The summed E-state index contributed by atoms with van der Waals surface area (Å²) in [6.45, 7) is 7.80. The highest BCUT2D eigenvalue weighted by molar-refractivity contribution is 6.06. The van der Waals surface area contributed by atoms with Crippen LogP contribution >= 0.6 is 0 Å². The van der Waals surface area contributed by atoms with Crippen LogP contribution in [0.3, 0.4) is 0 Å². The van der Waals surface area contributed by atoms with Gasteiger partial charge in [0.2, 0.25) is 17.7 Å². The monoisotopic (exact) mass is 749 g/mol. The summed E-state index contributed by atoms with van der Waals surface area (Å²) in [6.07, 6.45) is 6.73. The lowest BCUT2D eigenvalue weighted by molar-refractivity contribution is -0.142. The van der Waals surface area contributed by atoms with Crippen LogP contribution in [0.15, 0.2) is 103 Å². The largest absolute Gasteiger partial charge is 0.508 e. The number of anilines is 2. The van der Waals surface area contributed by atoms with Crippen molar-refractivity contribution in [1.29, 1.82) is 0 Å². The maximum atomic E-state index is 12.8. The van der Waals surface area contributed by atoms with Gasteiger partial charge in [-0.3, -0.25) is 24.6 Å². The maximum Gasteiger partial charge on any atom is 0.249 e. The highest BCUT2D eigenvalue weighted by Crippen LogP contribution is 2.47. The number of phenols is 1. The summed E-state index contributed by atoms with van der Waals surface area (Å²) in [5, 5.41) is 12.6. The van der Waals surface area contributed by atoms with E-state index in [1.54, 1.807) is 11.0 Å². The Balaban J connectivity index is 0.757. The van der Waals surface area contributed by atoms with Crippen molar-refractivity contribution in [3.63, 3.8) is 0 Å². The highest BCUT2D eigenvalue weighted by Gasteiger charge is 2.37. The van der Waals surface area contributed by atoms with Gasteiger partial charge in [-0.15, -0.1) is 0 Å². The Hall–Kier alpha value is -5.41. The number of aromatic hydroxyl groups is 1. The third-order valence-electron chi connectivity index (χ3n) is 13.0. The van der Waals surface area contributed by atoms with E-state index in [-0.39, 0.29) is 30.1 Å². The molecule has 9 nitrogen and oxygen atoms in total. The second-order valence-electron chi connectivity index (χ2n) is 16.4. The van der Waals surface area contributed by atoms with Crippen molar-refractivity contribution in [3.8, 4) is 5.75 Å². The number of phenolic OH excluding ortho intramolecular Hbond substituents is 1. The normalized spacial score (nSPS) is 23.6. The molecule has 0 radical (unpaired) electrons. The number of piperazine rings is 1. The van der Waals surface area contributed by atoms with Gasteiger partial charge in [-0.25, -0.2) is 0 Å². The average molecular weight is 750 g/mol. The minimum absolute atomic E-state index is 0.170. The van der Waals surface area contributed by atoms with Crippen LogP contribution in [-0.2, 0) is 20.8 Å². The lowest BCUT2D eigenvalue weighted by atomic mass is 9.69. The summed E-state index contributed by atoms with van der Waals surface area (Å²) in [7, 11) is 0. The molecular weight excluding hydrogens is 699 g/mol. The van der Waals surface area contributed by atoms with Gasteiger partial charge in [-0.1, -0.05) is 60.7 Å². The SMILES string of the molecule is O=C1CCC(N2CC(c3ccc(N4CCN(CC5CCN(c6ccc([C@@H]7c8ccc(O)cc8CC[C@@H]7c7ccccc7)cc6)CC5)CC4)cc3)=CC2=O)C(=O)N1. The summed E-state index contributed by atoms with van der Waals surface area (Å²) < 4.78 is 0. The molecule has 3 amide bonds. The van der Waals surface area contributed by atoms with E-state index >= 15 is 0 Å².